The van der Waals surface area contributed by atoms with Crippen LogP contribution in [-0.2, 0) is 72.3 Å². The Morgan fingerprint density at radius 2 is 0.514 bits per heavy atom. The van der Waals surface area contributed by atoms with E-state index in [1.54, 1.807) is 0 Å². The van der Waals surface area contributed by atoms with Gasteiger partial charge in [0.25, 0.3) is 0 Å². The summed E-state index contributed by atoms with van der Waals surface area (Å²) in [6, 6.07) is -18.9. The molecule has 7 aromatic carbocycles. The van der Waals surface area contributed by atoms with Crippen molar-refractivity contribution >= 4 is 122 Å². The van der Waals surface area contributed by atoms with Gasteiger partial charge in [0, 0.05) is 48.9 Å². The van der Waals surface area contributed by atoms with Crippen LogP contribution in [0, 0.1) is 0 Å². The van der Waals surface area contributed by atoms with Crippen LogP contribution < -0.4 is 40.1 Å². The highest BCUT2D eigenvalue weighted by atomic mass is 35.5. The lowest BCUT2D eigenvalue weighted by molar-refractivity contribution is -0.121. The summed E-state index contributed by atoms with van der Waals surface area (Å²) >= 11 is 41.8. The Kier molecular flexibility index (Phi) is 14.3. The van der Waals surface area contributed by atoms with Crippen molar-refractivity contribution in [2.45, 2.75) is 128 Å². The van der Waals surface area contributed by atoms with E-state index < -0.39 is 367 Å². The van der Waals surface area contributed by atoms with Gasteiger partial charge in [0.15, 0.2) is 40.5 Å². The van der Waals surface area contributed by atoms with Gasteiger partial charge in [-0.15, -0.1) is 0 Å². The molecule has 0 spiro atoms. The Morgan fingerprint density at radius 3 is 0.905 bits per heavy atom. The quantitative estimate of drug-likeness (QED) is 0.0781. The molecule has 0 aromatic heterocycles. The molecule has 7 unspecified atom stereocenters. The number of carbonyl (C=O) groups is 7. The smallest absolute Gasteiger partial charge is 0.179 e. The van der Waals surface area contributed by atoms with Crippen LogP contribution in [-0.4, -0.2) is 40.5 Å². The van der Waals surface area contributed by atoms with Gasteiger partial charge in [0.2, 0.25) is 0 Å². The summed E-state index contributed by atoms with van der Waals surface area (Å²) in [5.41, 5.74) is 25.9. The van der Waals surface area contributed by atoms with E-state index in [-0.39, 0.29) is 87.1 Å². The molecule has 7 aromatic rings. The summed E-state index contributed by atoms with van der Waals surface area (Å²) < 4.78 is 346. The lowest BCUT2D eigenvalue weighted by Gasteiger charge is -2.30. The summed E-state index contributed by atoms with van der Waals surface area (Å²) in [5, 5.41) is -2.71. The van der Waals surface area contributed by atoms with E-state index in [4.69, 9.17) is 183 Å². The molecule has 7 aliphatic rings. The molecule has 21 heteroatoms. The first-order chi connectivity index (χ1) is 68.1. The van der Waals surface area contributed by atoms with E-state index in [0.29, 0.717) is 0 Å². The van der Waals surface area contributed by atoms with Crippen LogP contribution in [0.4, 0.5) is 0 Å². The highest BCUT2D eigenvalue weighted by Gasteiger charge is 2.42. The molecule has 546 valence electrons. The minimum atomic E-state index is -2.40. The zero-order chi connectivity index (χ0) is 116. The molecule has 0 radical (unpaired) electrons. The second-order valence-electron chi connectivity index (χ2n) is 22.5. The lowest BCUT2D eigenvalue weighted by Crippen LogP contribution is -2.45. The molecular weight excluding hydrogens is 1470 g/mol. The third-order valence-corrected chi connectivity index (χ3v) is 17.7. The summed E-state index contributed by atoms with van der Waals surface area (Å²) in [7, 11) is 0. The largest absolute Gasteiger partial charge is 0.315 e. The van der Waals surface area contributed by atoms with E-state index in [1.165, 1.54) is 6.08 Å². The number of nitrogens with two attached hydrogens (primary N) is 7. The zero-order valence-electron chi connectivity index (χ0n) is 99.0. The van der Waals surface area contributed by atoms with E-state index in [2.05, 4.69) is 0 Å². The Hall–Kier alpha value is -7.84. The van der Waals surface area contributed by atoms with Gasteiger partial charge < -0.3 is 40.1 Å². The fourth-order valence-electron chi connectivity index (χ4n) is 9.77. The first kappa shape index (κ1) is 40.4. The number of ketones is 7. The standard InChI is InChI=1S/7C12H12ClNO/c7*13-10-6-2-1-5-9(10)12(14)8-4-3-7-11(12)15/h7*1-3,5-7H,4,8,14H2/i1D,2D,3D,4D2,5D,6D,7D;1D,2D,4D2,5D,6D,7D;1D,2D,3D,5D,6D,7D;1D,2D,3D,4D2,5D,6D;1D,2D,5D,6D,8D2;1D,2D,4D2,5D,6D;1D,2D,3D,5D,6D. The van der Waals surface area contributed by atoms with Crippen LogP contribution in [0.5, 0.6) is 0 Å². The van der Waals surface area contributed by atoms with Crippen LogP contribution in [0.15, 0.2) is 254 Å². The number of rotatable bonds is 7. The highest BCUT2D eigenvalue weighted by molar-refractivity contribution is 6.34. The molecule has 105 heavy (non-hydrogen) atoms. The maximum Gasteiger partial charge on any atom is 0.179 e. The lowest BCUT2D eigenvalue weighted by atomic mass is 9.79. The van der Waals surface area contributed by atoms with Crippen molar-refractivity contribution in [3.8, 4) is 0 Å². The predicted octanol–water partition coefficient (Wildman–Crippen LogP) is 16.9. The van der Waals surface area contributed by atoms with Crippen molar-refractivity contribution < 1.29 is 95.2 Å². The maximum absolute atomic E-state index is 12.4. The van der Waals surface area contributed by atoms with Gasteiger partial charge in [-0.2, -0.15) is 0 Å². The molecule has 0 heterocycles. The minimum Gasteiger partial charge on any atom is -0.315 e. The molecule has 0 saturated heterocycles. The van der Waals surface area contributed by atoms with Crippen molar-refractivity contribution in [1.82, 2.24) is 0 Å². The SMILES string of the molecule is [2H]C1=C([2H])C(=O)C(N)(c2c([2H])c([2H])c([2H])c([2H])c2Cl)CC1.[2H]C1=C([2H])C([2H])([2H])CC(N)(c2c([2H])c([2H])c([2H])c([2H])c2Cl)C1=O.[2H]C1=CC(=O)C(N)(c2c([2H])c([2H])c([2H])c([2H])c2Cl)CC1.[2H]C1=CC(=O)C(N)(c2c([2H])c([2H])c([2H])c([2H])c2Cl)CC1([2H])[2H].[2H]C1=CC([2H])([2H])CC(N)(c2c([2H])c([2H])c([2H])c([2H])c2Cl)C1=O.[2H]c1c([2H])c([2H])c(C2(N)C(=O)C=CCC2([2H])[2H])c(Cl)c1[2H].[2H]c1c([2H])c([2H])c(C2(N)CC([2H])([2H])C=CC2=O)c(Cl)c1[2H]. The molecule has 14 rings (SSSR count). The number of halogens is 7. The first-order valence-electron chi connectivity index (χ1n) is 52.5. The zero-order valence-corrected chi connectivity index (χ0v) is 59.2. The van der Waals surface area contributed by atoms with Crippen LogP contribution in [0.2, 0.25) is 35.2 Å². The number of benzene rings is 7. The Morgan fingerprint density at radius 1 is 0.257 bits per heavy atom. The van der Waals surface area contributed by atoms with Crippen LogP contribution in [0.3, 0.4) is 0 Å². The fourth-order valence-corrected chi connectivity index (χ4v) is 11.6. The van der Waals surface area contributed by atoms with Crippen molar-refractivity contribution in [3.63, 3.8) is 0 Å². The van der Waals surface area contributed by atoms with Gasteiger partial charge in [-0.1, -0.05) is 251 Å². The summed E-state index contributed by atoms with van der Waals surface area (Å²) in [6.07, 6.45) is -5.77. The average Bonchev–Trinajstić information content (AvgIpc) is 0.714. The Balaban J connectivity index is 0.000000213. The minimum absolute atomic E-state index is 0.0329. The van der Waals surface area contributed by atoms with Crippen molar-refractivity contribution in [2.24, 2.45) is 40.1 Å². The van der Waals surface area contributed by atoms with E-state index in [0.717, 1.165) is 36.5 Å². The molecule has 14 nitrogen and oxygen atoms in total. The fraction of sp³-hybridized carbons (Fsp3) is 0.250. The van der Waals surface area contributed by atoms with E-state index in [1.807, 2.05) is 0 Å². The highest BCUT2D eigenvalue weighted by Crippen LogP contribution is 2.40. The molecular formula is C84H84Cl7N7O7. The molecule has 0 saturated carbocycles. The van der Waals surface area contributed by atoms with E-state index in [9.17, 15) is 33.6 Å². The summed E-state index contributed by atoms with van der Waals surface area (Å²) in [6.45, 7) is 0. The third kappa shape index (κ3) is 19.5. The maximum atomic E-state index is 12.4. The molecule has 0 amide bonds. The third-order valence-electron chi connectivity index (χ3n) is 15.7. The second-order valence-corrected chi connectivity index (χ2v) is 25.1. The Bertz CT molecular complexity index is 7010. The van der Waals surface area contributed by atoms with Gasteiger partial charge in [0.05, 0.1) is 48.0 Å². The molecule has 0 aliphatic heterocycles. The normalized spacial score (nSPS) is 34.7. The first-order valence-corrected chi connectivity index (χ1v) is 32.7. The van der Waals surface area contributed by atoms with Gasteiger partial charge in [-0.3, -0.25) is 33.6 Å². The van der Waals surface area contributed by atoms with Gasteiger partial charge >= 0.3 is 0 Å². The van der Waals surface area contributed by atoms with E-state index >= 15 is 0 Å². The van der Waals surface area contributed by atoms with Crippen LogP contribution in [0.1, 0.15) is 190 Å². The van der Waals surface area contributed by atoms with Gasteiger partial charge in [-0.05, 0) is 213 Å². The number of hydrogen-bond acceptors (Lipinski definition) is 14. The van der Waals surface area contributed by atoms with Crippen LogP contribution in [0.25, 0.3) is 0 Å². The molecule has 0 fully saturated rings. The number of allylic oxidation sites excluding steroid dienone is 7. The second kappa shape index (κ2) is 37.1. The van der Waals surface area contributed by atoms with Gasteiger partial charge in [0.1, 0.15) is 38.8 Å². The number of hydrogen-bond donors (Lipinski definition) is 7. The van der Waals surface area contributed by atoms with Crippen molar-refractivity contribution in [3.05, 3.63) is 328 Å². The summed E-state index contributed by atoms with van der Waals surface area (Å²) in [5.74, 6) is -5.72. The topological polar surface area (TPSA) is 302 Å². The Labute approximate surface area is 711 Å². The molecule has 14 N–H and O–H groups in total. The summed E-state index contributed by atoms with van der Waals surface area (Å²) in [4.78, 5) is 85.6. The predicted molar refractivity (Wildman–Crippen MR) is 425 cm³/mol. The molecule has 0 bridgehead atoms. The van der Waals surface area contributed by atoms with Crippen LogP contribution >= 0.6 is 81.2 Å². The van der Waals surface area contributed by atoms with Gasteiger partial charge in [-0.25, -0.2) is 0 Å². The van der Waals surface area contributed by atoms with Crippen molar-refractivity contribution in [2.75, 3.05) is 0 Å². The monoisotopic (exact) mass is 1590 g/mol. The number of carbonyl (C=O) groups excluding carboxylic acids is 7. The molecule has 7 atom stereocenters. The molecule has 7 aliphatic carbocycles. The van der Waals surface area contributed by atoms with Crippen molar-refractivity contribution in [1.29, 1.82) is 0 Å². The average molecular weight is 1600 g/mol.